The van der Waals surface area contributed by atoms with Crippen molar-refractivity contribution in [2.24, 2.45) is 0 Å². The fourth-order valence-corrected chi connectivity index (χ4v) is 2.64. The van der Waals surface area contributed by atoms with Gasteiger partial charge in [0.15, 0.2) is 5.43 Å². The van der Waals surface area contributed by atoms with E-state index in [1.54, 1.807) is 18.2 Å². The molecule has 94 valence electrons. The van der Waals surface area contributed by atoms with E-state index in [-0.39, 0.29) is 11.0 Å². The van der Waals surface area contributed by atoms with Crippen LogP contribution in [0.1, 0.15) is 10.4 Å². The minimum atomic E-state index is -1.05. The van der Waals surface area contributed by atoms with E-state index in [1.165, 1.54) is 6.07 Å². The number of benzene rings is 2. The minimum Gasteiger partial charge on any atom is -0.478 e. The molecule has 0 spiro atoms. The Labute approximate surface area is 121 Å². The van der Waals surface area contributed by atoms with E-state index in [9.17, 15) is 14.7 Å². The molecule has 1 heterocycles. The number of H-pyrrole nitrogens is 1. The van der Waals surface area contributed by atoms with E-state index in [0.29, 0.717) is 21.8 Å². The second kappa shape index (κ2) is 4.34. The van der Waals surface area contributed by atoms with Gasteiger partial charge >= 0.3 is 5.97 Å². The number of carboxylic acids is 1. The number of carboxylic acid groups (broad SMARTS) is 1. The van der Waals surface area contributed by atoms with Crippen molar-refractivity contribution in [3.63, 3.8) is 0 Å². The van der Waals surface area contributed by atoms with Gasteiger partial charge in [-0.1, -0.05) is 6.07 Å². The van der Waals surface area contributed by atoms with Crippen LogP contribution in [0.3, 0.4) is 0 Å². The molecule has 0 unspecified atom stereocenters. The highest BCUT2D eigenvalue weighted by Gasteiger charge is 2.12. The first-order chi connectivity index (χ1) is 9.08. The monoisotopic (exact) mass is 365 g/mol. The van der Waals surface area contributed by atoms with Crippen LogP contribution in [0.25, 0.3) is 21.8 Å². The number of hydrogen-bond acceptors (Lipinski definition) is 2. The summed E-state index contributed by atoms with van der Waals surface area (Å²) < 4.78 is 0.980. The summed E-state index contributed by atoms with van der Waals surface area (Å²) in [7, 11) is 0. The van der Waals surface area contributed by atoms with Gasteiger partial charge in [0.1, 0.15) is 0 Å². The van der Waals surface area contributed by atoms with Crippen LogP contribution in [0.15, 0.2) is 41.2 Å². The zero-order chi connectivity index (χ0) is 13.6. The van der Waals surface area contributed by atoms with Gasteiger partial charge in [-0.05, 0) is 52.9 Å². The van der Waals surface area contributed by atoms with E-state index < -0.39 is 5.97 Å². The molecule has 0 aliphatic heterocycles. The van der Waals surface area contributed by atoms with E-state index in [1.807, 2.05) is 12.1 Å². The number of aromatic carboxylic acids is 1. The molecule has 5 heteroatoms. The number of aromatic nitrogens is 1. The zero-order valence-electron chi connectivity index (χ0n) is 9.61. The van der Waals surface area contributed by atoms with E-state index in [4.69, 9.17) is 0 Å². The van der Waals surface area contributed by atoms with Crippen LogP contribution < -0.4 is 5.43 Å². The standard InChI is InChI=1S/C14H8INO3/c15-7-4-5-8-11(6-7)16-12-9(13(8)17)2-1-3-10(12)14(18)19/h1-6H,(H,16,17)(H,18,19). The number of rotatable bonds is 1. The molecule has 3 aromatic rings. The molecule has 0 atom stereocenters. The SMILES string of the molecule is O=C(O)c1cccc2c(=O)c3ccc(I)cc3[nH]c12. The number of halogens is 1. The first kappa shape index (κ1) is 12.2. The lowest BCUT2D eigenvalue weighted by atomic mass is 10.1. The molecule has 0 aliphatic carbocycles. The van der Waals surface area contributed by atoms with Gasteiger partial charge in [-0.3, -0.25) is 4.79 Å². The van der Waals surface area contributed by atoms with Crippen molar-refractivity contribution >= 4 is 50.4 Å². The predicted octanol–water partition coefficient (Wildman–Crippen LogP) is 2.98. The summed E-state index contributed by atoms with van der Waals surface area (Å²) in [4.78, 5) is 26.6. The first-order valence-corrected chi connectivity index (χ1v) is 6.63. The van der Waals surface area contributed by atoms with Crippen molar-refractivity contribution in [3.8, 4) is 0 Å². The molecular weight excluding hydrogens is 357 g/mol. The minimum absolute atomic E-state index is 0.107. The van der Waals surface area contributed by atoms with Crippen LogP contribution in [-0.4, -0.2) is 16.1 Å². The summed E-state index contributed by atoms with van der Waals surface area (Å²) in [6, 6.07) is 10.1. The Kier molecular flexibility index (Phi) is 2.78. The lowest BCUT2D eigenvalue weighted by molar-refractivity contribution is 0.0699. The van der Waals surface area contributed by atoms with Crippen LogP contribution >= 0.6 is 22.6 Å². The Morgan fingerprint density at radius 3 is 2.68 bits per heavy atom. The van der Waals surface area contributed by atoms with Crippen molar-refractivity contribution in [3.05, 3.63) is 55.8 Å². The number of aromatic amines is 1. The molecule has 0 fully saturated rings. The van der Waals surface area contributed by atoms with Gasteiger partial charge in [0.05, 0.1) is 16.6 Å². The average Bonchev–Trinajstić information content (AvgIpc) is 2.37. The molecule has 3 rings (SSSR count). The number of pyridine rings is 1. The smallest absolute Gasteiger partial charge is 0.337 e. The molecule has 0 saturated carbocycles. The third-order valence-corrected chi connectivity index (χ3v) is 3.70. The van der Waals surface area contributed by atoms with Crippen LogP contribution in [0.4, 0.5) is 0 Å². The molecule has 4 nitrogen and oxygen atoms in total. The number of hydrogen-bond donors (Lipinski definition) is 2. The van der Waals surface area contributed by atoms with Gasteiger partial charge in [-0.25, -0.2) is 4.79 Å². The maximum absolute atomic E-state index is 12.4. The summed E-state index contributed by atoms with van der Waals surface area (Å²) in [5.41, 5.74) is 0.978. The summed E-state index contributed by atoms with van der Waals surface area (Å²) in [5.74, 6) is -1.05. The molecule has 0 amide bonds. The van der Waals surface area contributed by atoms with Crippen LogP contribution in [-0.2, 0) is 0 Å². The third-order valence-electron chi connectivity index (χ3n) is 3.03. The maximum atomic E-state index is 12.4. The molecule has 0 radical (unpaired) electrons. The molecular formula is C14H8INO3. The van der Waals surface area contributed by atoms with Crippen LogP contribution in [0, 0.1) is 3.57 Å². The van der Waals surface area contributed by atoms with E-state index >= 15 is 0 Å². The lowest BCUT2D eigenvalue weighted by Gasteiger charge is -2.05. The van der Waals surface area contributed by atoms with Crippen LogP contribution in [0.2, 0.25) is 0 Å². The van der Waals surface area contributed by atoms with Gasteiger partial charge < -0.3 is 10.1 Å². The topological polar surface area (TPSA) is 70.2 Å². The highest BCUT2D eigenvalue weighted by atomic mass is 127. The highest BCUT2D eigenvalue weighted by Crippen LogP contribution is 2.19. The third kappa shape index (κ3) is 1.90. The number of para-hydroxylation sites is 1. The van der Waals surface area contributed by atoms with E-state index in [0.717, 1.165) is 3.57 Å². The van der Waals surface area contributed by atoms with Crippen molar-refractivity contribution in [1.29, 1.82) is 0 Å². The Bertz CT molecular complexity index is 883. The number of carbonyl (C=O) groups is 1. The quantitative estimate of drug-likeness (QED) is 0.515. The summed E-state index contributed by atoms with van der Waals surface area (Å²) >= 11 is 2.15. The van der Waals surface area contributed by atoms with E-state index in [2.05, 4.69) is 27.6 Å². The van der Waals surface area contributed by atoms with Crippen molar-refractivity contribution < 1.29 is 9.90 Å². The van der Waals surface area contributed by atoms with Gasteiger partial charge in [-0.15, -0.1) is 0 Å². The molecule has 1 aromatic heterocycles. The number of nitrogens with one attached hydrogen (secondary N) is 1. The molecule has 2 aromatic carbocycles. The Hall–Kier alpha value is -1.89. The van der Waals surface area contributed by atoms with Crippen LogP contribution in [0.5, 0.6) is 0 Å². The molecule has 2 N–H and O–H groups in total. The van der Waals surface area contributed by atoms with Crippen molar-refractivity contribution in [1.82, 2.24) is 4.98 Å². The predicted molar refractivity (Wildman–Crippen MR) is 81.8 cm³/mol. The highest BCUT2D eigenvalue weighted by molar-refractivity contribution is 14.1. The second-order valence-corrected chi connectivity index (χ2v) is 5.42. The van der Waals surface area contributed by atoms with Gasteiger partial charge in [0.2, 0.25) is 0 Å². The fraction of sp³-hybridized carbons (Fsp3) is 0. The zero-order valence-corrected chi connectivity index (χ0v) is 11.8. The van der Waals surface area contributed by atoms with Gasteiger partial charge in [0.25, 0.3) is 0 Å². The normalized spacial score (nSPS) is 11.0. The summed E-state index contributed by atoms with van der Waals surface area (Å²) in [6.07, 6.45) is 0. The number of fused-ring (bicyclic) bond motifs is 2. The second-order valence-electron chi connectivity index (χ2n) is 4.18. The maximum Gasteiger partial charge on any atom is 0.337 e. The summed E-state index contributed by atoms with van der Waals surface area (Å²) in [5, 5.41) is 10.1. The van der Waals surface area contributed by atoms with Gasteiger partial charge in [0, 0.05) is 14.3 Å². The Balaban J connectivity index is 2.58. The molecule has 0 aliphatic rings. The van der Waals surface area contributed by atoms with Crippen molar-refractivity contribution in [2.45, 2.75) is 0 Å². The largest absolute Gasteiger partial charge is 0.478 e. The Morgan fingerprint density at radius 2 is 1.95 bits per heavy atom. The summed E-state index contributed by atoms with van der Waals surface area (Å²) in [6.45, 7) is 0. The lowest BCUT2D eigenvalue weighted by Crippen LogP contribution is -2.08. The molecule has 19 heavy (non-hydrogen) atoms. The average molecular weight is 365 g/mol. The van der Waals surface area contributed by atoms with Crippen molar-refractivity contribution in [2.75, 3.05) is 0 Å². The fourth-order valence-electron chi connectivity index (χ4n) is 2.15. The Morgan fingerprint density at radius 1 is 1.16 bits per heavy atom. The first-order valence-electron chi connectivity index (χ1n) is 5.55. The molecule has 0 bridgehead atoms. The van der Waals surface area contributed by atoms with Gasteiger partial charge in [-0.2, -0.15) is 0 Å². The molecule has 0 saturated heterocycles.